The van der Waals surface area contributed by atoms with Crippen molar-refractivity contribution in [1.29, 1.82) is 5.41 Å². The number of para-hydroxylation sites is 2. The Labute approximate surface area is 134 Å². The molecule has 6 nitrogen and oxygen atoms in total. The van der Waals surface area contributed by atoms with Gasteiger partial charge in [0.05, 0.1) is 17.3 Å². The minimum atomic E-state index is -0.271. The largest absolute Gasteiger partial charge is 0.329 e. The van der Waals surface area contributed by atoms with Gasteiger partial charge in [-0.1, -0.05) is 36.4 Å². The average molecular weight is 307 g/mol. The number of hydrazine groups is 1. The quantitative estimate of drug-likeness (QED) is 0.796. The van der Waals surface area contributed by atoms with Crippen molar-refractivity contribution in [3.63, 3.8) is 0 Å². The third-order valence-corrected chi connectivity index (χ3v) is 4.26. The Morgan fingerprint density at radius 2 is 1.57 bits per heavy atom. The molecular weight excluding hydrogens is 290 g/mol. The fraction of sp³-hybridized carbons (Fsp3) is 0.176. The van der Waals surface area contributed by atoms with Crippen LogP contribution in [0.15, 0.2) is 60.7 Å². The van der Waals surface area contributed by atoms with Crippen LogP contribution in [-0.2, 0) is 0 Å². The molecule has 2 aliphatic rings. The van der Waals surface area contributed by atoms with E-state index in [1.807, 2.05) is 65.7 Å². The SMILES string of the molecule is N=C1C2CNN(c3ccccc3)C2NC(=O)N1c1ccccc1. The molecule has 3 N–H and O–H groups in total. The molecule has 116 valence electrons. The van der Waals surface area contributed by atoms with Gasteiger partial charge in [0.1, 0.15) is 12.0 Å². The summed E-state index contributed by atoms with van der Waals surface area (Å²) in [7, 11) is 0. The molecule has 0 aromatic heterocycles. The maximum Gasteiger partial charge on any atom is 0.329 e. The summed E-state index contributed by atoms with van der Waals surface area (Å²) in [6.45, 7) is 0.613. The molecule has 0 bridgehead atoms. The number of nitrogens with one attached hydrogen (secondary N) is 3. The first-order valence-corrected chi connectivity index (χ1v) is 7.57. The van der Waals surface area contributed by atoms with Crippen molar-refractivity contribution >= 4 is 23.2 Å². The average Bonchev–Trinajstić information content (AvgIpc) is 3.00. The molecule has 2 heterocycles. The number of fused-ring (bicyclic) bond motifs is 1. The normalized spacial score (nSPS) is 23.7. The highest BCUT2D eigenvalue weighted by molar-refractivity contribution is 6.18. The fourth-order valence-corrected chi connectivity index (χ4v) is 3.14. The molecule has 0 spiro atoms. The number of carbonyl (C=O) groups excluding carboxylic acids is 1. The van der Waals surface area contributed by atoms with Gasteiger partial charge in [-0.2, -0.15) is 0 Å². The first-order chi connectivity index (χ1) is 11.3. The Balaban J connectivity index is 1.63. The van der Waals surface area contributed by atoms with Crippen LogP contribution >= 0.6 is 0 Å². The molecule has 6 heteroatoms. The summed E-state index contributed by atoms with van der Waals surface area (Å²) in [6.07, 6.45) is -0.252. The van der Waals surface area contributed by atoms with Gasteiger partial charge in [0.2, 0.25) is 0 Å². The zero-order valence-electron chi connectivity index (χ0n) is 12.4. The maximum atomic E-state index is 12.5. The number of hydrogen-bond acceptors (Lipinski definition) is 4. The molecule has 23 heavy (non-hydrogen) atoms. The molecule has 2 aromatic carbocycles. The van der Waals surface area contributed by atoms with Crippen molar-refractivity contribution in [2.45, 2.75) is 6.17 Å². The van der Waals surface area contributed by atoms with Crippen molar-refractivity contribution in [2.24, 2.45) is 5.92 Å². The second-order valence-electron chi connectivity index (χ2n) is 5.62. The minimum Gasteiger partial charge on any atom is -0.315 e. The van der Waals surface area contributed by atoms with Gasteiger partial charge in [0.25, 0.3) is 0 Å². The van der Waals surface area contributed by atoms with Crippen LogP contribution in [0, 0.1) is 11.3 Å². The van der Waals surface area contributed by atoms with Crippen LogP contribution < -0.4 is 20.7 Å². The van der Waals surface area contributed by atoms with Gasteiger partial charge in [-0.3, -0.25) is 15.3 Å². The molecule has 0 radical (unpaired) electrons. The van der Waals surface area contributed by atoms with Crippen LogP contribution in [0.1, 0.15) is 0 Å². The summed E-state index contributed by atoms with van der Waals surface area (Å²) in [5, 5.41) is 13.4. The number of anilines is 2. The van der Waals surface area contributed by atoms with Crippen LogP contribution in [0.3, 0.4) is 0 Å². The van der Waals surface area contributed by atoms with E-state index in [-0.39, 0.29) is 18.1 Å². The Hall–Kier alpha value is -2.86. The number of carbonyl (C=O) groups is 1. The molecule has 0 saturated carbocycles. The first kappa shape index (κ1) is 13.8. The Bertz CT molecular complexity index is 733. The van der Waals surface area contributed by atoms with Crippen molar-refractivity contribution < 1.29 is 4.79 Å². The van der Waals surface area contributed by atoms with Crippen LogP contribution in [0.4, 0.5) is 16.2 Å². The van der Waals surface area contributed by atoms with Crippen molar-refractivity contribution in [2.75, 3.05) is 16.5 Å². The molecule has 2 amide bonds. The van der Waals surface area contributed by atoms with Gasteiger partial charge in [-0.05, 0) is 24.3 Å². The summed E-state index contributed by atoms with van der Waals surface area (Å²) in [5.41, 5.74) is 4.98. The number of benzene rings is 2. The van der Waals surface area contributed by atoms with E-state index >= 15 is 0 Å². The maximum absolute atomic E-state index is 12.5. The van der Waals surface area contributed by atoms with E-state index in [0.717, 1.165) is 5.69 Å². The lowest BCUT2D eigenvalue weighted by Gasteiger charge is -2.38. The lowest BCUT2D eigenvalue weighted by atomic mass is 10.0. The highest BCUT2D eigenvalue weighted by Gasteiger charge is 2.45. The number of nitrogens with zero attached hydrogens (tertiary/aromatic N) is 2. The fourth-order valence-electron chi connectivity index (χ4n) is 3.14. The van der Waals surface area contributed by atoms with Crippen LogP contribution in [0.2, 0.25) is 0 Å². The summed E-state index contributed by atoms with van der Waals surface area (Å²) in [6, 6.07) is 18.9. The summed E-state index contributed by atoms with van der Waals surface area (Å²) in [5.74, 6) is 0.212. The summed E-state index contributed by atoms with van der Waals surface area (Å²) in [4.78, 5) is 14.0. The minimum absolute atomic E-state index is 0.104. The topological polar surface area (TPSA) is 71.5 Å². The third-order valence-electron chi connectivity index (χ3n) is 4.26. The van der Waals surface area contributed by atoms with E-state index in [4.69, 9.17) is 5.41 Å². The second-order valence-corrected chi connectivity index (χ2v) is 5.62. The van der Waals surface area contributed by atoms with Gasteiger partial charge in [-0.15, -0.1) is 0 Å². The number of amides is 2. The standard InChI is InChI=1S/C17H17N5O/c18-15-14-11-19-22(13-9-5-2-6-10-13)16(14)20-17(23)21(15)12-7-3-1-4-8-12/h1-10,14,16,18-19H,11H2,(H,20,23). The van der Waals surface area contributed by atoms with Crippen molar-refractivity contribution in [3.05, 3.63) is 60.7 Å². The molecule has 0 aliphatic carbocycles. The first-order valence-electron chi connectivity index (χ1n) is 7.57. The second kappa shape index (κ2) is 5.40. The van der Waals surface area contributed by atoms with Gasteiger partial charge in [0.15, 0.2) is 0 Å². The van der Waals surface area contributed by atoms with E-state index in [1.54, 1.807) is 0 Å². The molecule has 2 unspecified atom stereocenters. The molecule has 2 fully saturated rings. The third kappa shape index (κ3) is 2.24. The monoisotopic (exact) mass is 307 g/mol. The van der Waals surface area contributed by atoms with E-state index in [1.165, 1.54) is 4.90 Å². The molecule has 4 rings (SSSR count). The van der Waals surface area contributed by atoms with Gasteiger partial charge >= 0.3 is 6.03 Å². The van der Waals surface area contributed by atoms with Crippen molar-refractivity contribution in [1.82, 2.24) is 10.7 Å². The summed E-state index contributed by atoms with van der Waals surface area (Å²) >= 11 is 0. The lowest BCUT2D eigenvalue weighted by molar-refractivity contribution is 0.241. The van der Waals surface area contributed by atoms with E-state index < -0.39 is 0 Å². The zero-order chi connectivity index (χ0) is 15.8. The summed E-state index contributed by atoms with van der Waals surface area (Å²) < 4.78 is 0. The van der Waals surface area contributed by atoms with Crippen LogP contribution in [0.5, 0.6) is 0 Å². The van der Waals surface area contributed by atoms with Gasteiger partial charge in [-0.25, -0.2) is 10.2 Å². The molecular formula is C17H17N5O. The smallest absolute Gasteiger partial charge is 0.315 e. The lowest BCUT2D eigenvalue weighted by Crippen LogP contribution is -2.63. The highest BCUT2D eigenvalue weighted by Crippen LogP contribution is 2.29. The van der Waals surface area contributed by atoms with E-state index in [2.05, 4.69) is 10.7 Å². The molecule has 2 aromatic rings. The van der Waals surface area contributed by atoms with E-state index in [0.29, 0.717) is 18.1 Å². The Morgan fingerprint density at radius 3 is 2.22 bits per heavy atom. The number of rotatable bonds is 2. The highest BCUT2D eigenvalue weighted by atomic mass is 16.2. The number of urea groups is 1. The number of amidine groups is 1. The predicted molar refractivity (Wildman–Crippen MR) is 89.4 cm³/mol. The van der Waals surface area contributed by atoms with E-state index in [9.17, 15) is 4.79 Å². The van der Waals surface area contributed by atoms with Crippen LogP contribution in [-0.4, -0.2) is 24.6 Å². The predicted octanol–water partition coefficient (Wildman–Crippen LogP) is 2.16. The molecule has 2 atom stereocenters. The Kier molecular flexibility index (Phi) is 3.24. The molecule has 2 saturated heterocycles. The van der Waals surface area contributed by atoms with Crippen LogP contribution in [0.25, 0.3) is 0 Å². The Morgan fingerprint density at radius 1 is 0.957 bits per heavy atom. The number of hydrogen-bond donors (Lipinski definition) is 3. The molecule has 2 aliphatic heterocycles. The van der Waals surface area contributed by atoms with Crippen molar-refractivity contribution in [3.8, 4) is 0 Å². The van der Waals surface area contributed by atoms with Gasteiger partial charge < -0.3 is 5.32 Å². The van der Waals surface area contributed by atoms with Gasteiger partial charge in [0, 0.05) is 6.54 Å². The zero-order valence-corrected chi connectivity index (χ0v) is 12.4.